The van der Waals surface area contributed by atoms with E-state index in [1.807, 2.05) is 42.5 Å². The maximum Gasteiger partial charge on any atom is 0.315 e. The summed E-state index contributed by atoms with van der Waals surface area (Å²) in [5.74, 6) is -1.43. The van der Waals surface area contributed by atoms with Gasteiger partial charge in [0.15, 0.2) is 0 Å². The molecule has 2 unspecified atom stereocenters. The van der Waals surface area contributed by atoms with Crippen LogP contribution in [0.2, 0.25) is 0 Å². The highest BCUT2D eigenvalue weighted by molar-refractivity contribution is 6.06. The van der Waals surface area contributed by atoms with E-state index in [2.05, 4.69) is 39.2 Å². The van der Waals surface area contributed by atoms with Crippen molar-refractivity contribution in [2.24, 2.45) is 10.9 Å². The molecule has 0 aliphatic carbocycles. The number of ether oxygens (including phenoxy) is 1. The number of aliphatic imine (C=N–C) groups is 1. The SMILES string of the molecule is COC(=O)C1C(C)=NC(C)=C(c2nc(-c3ccc(CN(C)Cc4ccccc4)cc3)no2)C1c1cccc([N+](=O)[O-])c1. The zero-order chi connectivity index (χ0) is 29.8. The van der Waals surface area contributed by atoms with Crippen LogP contribution in [0.15, 0.2) is 94.1 Å². The van der Waals surface area contributed by atoms with E-state index in [0.29, 0.717) is 28.4 Å². The van der Waals surface area contributed by atoms with Crippen LogP contribution < -0.4 is 0 Å². The lowest BCUT2D eigenvalue weighted by molar-refractivity contribution is -0.384. The number of benzene rings is 3. The van der Waals surface area contributed by atoms with Crippen molar-refractivity contribution in [3.8, 4) is 11.4 Å². The molecular weight excluding hydrogens is 534 g/mol. The number of allylic oxidation sites excluding steroid dienone is 2. The van der Waals surface area contributed by atoms with Crippen molar-refractivity contribution in [1.82, 2.24) is 15.0 Å². The first kappa shape index (κ1) is 28.6. The van der Waals surface area contributed by atoms with Gasteiger partial charge in [0.25, 0.3) is 11.6 Å². The van der Waals surface area contributed by atoms with Crippen LogP contribution in [0, 0.1) is 16.0 Å². The molecule has 4 aromatic rings. The lowest BCUT2D eigenvalue weighted by Gasteiger charge is -2.30. The topological polar surface area (TPSA) is 124 Å². The minimum atomic E-state index is -0.821. The average Bonchev–Trinajstić information content (AvgIpc) is 3.47. The molecule has 42 heavy (non-hydrogen) atoms. The first-order chi connectivity index (χ1) is 20.2. The monoisotopic (exact) mass is 565 g/mol. The van der Waals surface area contributed by atoms with E-state index in [0.717, 1.165) is 24.2 Å². The predicted molar refractivity (Wildman–Crippen MR) is 158 cm³/mol. The summed E-state index contributed by atoms with van der Waals surface area (Å²) in [5, 5.41) is 15.8. The van der Waals surface area contributed by atoms with Crippen LogP contribution in [0.1, 0.15) is 42.3 Å². The van der Waals surface area contributed by atoms with Gasteiger partial charge in [0.2, 0.25) is 5.82 Å². The zero-order valence-corrected chi connectivity index (χ0v) is 23.9. The Labute approximate surface area is 243 Å². The third kappa shape index (κ3) is 6.03. The molecule has 0 saturated carbocycles. The van der Waals surface area contributed by atoms with Crippen molar-refractivity contribution in [3.63, 3.8) is 0 Å². The van der Waals surface area contributed by atoms with Gasteiger partial charge in [0, 0.05) is 53.7 Å². The van der Waals surface area contributed by atoms with Crippen LogP contribution in [0.25, 0.3) is 17.0 Å². The molecule has 0 N–H and O–H groups in total. The molecule has 10 nitrogen and oxygen atoms in total. The molecule has 2 atom stereocenters. The van der Waals surface area contributed by atoms with Gasteiger partial charge in [-0.1, -0.05) is 71.9 Å². The van der Waals surface area contributed by atoms with Gasteiger partial charge in [-0.2, -0.15) is 4.98 Å². The van der Waals surface area contributed by atoms with Crippen LogP contribution in [-0.2, 0) is 22.6 Å². The molecule has 0 saturated heterocycles. The van der Waals surface area contributed by atoms with Crippen LogP contribution in [-0.4, -0.2) is 45.8 Å². The fourth-order valence-electron chi connectivity index (χ4n) is 5.41. The Morgan fingerprint density at radius 3 is 2.36 bits per heavy atom. The van der Waals surface area contributed by atoms with E-state index >= 15 is 0 Å². The highest BCUT2D eigenvalue weighted by Gasteiger charge is 2.42. The van der Waals surface area contributed by atoms with Gasteiger partial charge in [-0.05, 0) is 37.6 Å². The van der Waals surface area contributed by atoms with Gasteiger partial charge in [0.1, 0.15) is 5.92 Å². The Bertz CT molecular complexity index is 1660. The van der Waals surface area contributed by atoms with Crippen molar-refractivity contribution >= 4 is 22.9 Å². The number of non-ortho nitro benzene ring substituents is 1. The summed E-state index contributed by atoms with van der Waals surface area (Å²) in [5.41, 5.74) is 5.26. The number of methoxy groups -OCH3 is 1. The smallest absolute Gasteiger partial charge is 0.315 e. The molecular formula is C32H31N5O5. The first-order valence-electron chi connectivity index (χ1n) is 13.5. The standard InChI is InChI=1S/C32H31N5O5/c1-20-27(29(28(21(2)33-20)32(38)41-4)25-11-8-12-26(17-25)37(39)40)31-34-30(35-42-31)24-15-13-23(14-16-24)19-36(3)18-22-9-6-5-7-10-22/h5-17,28-29H,18-19H2,1-4H3. The van der Waals surface area contributed by atoms with Crippen molar-refractivity contribution in [3.05, 3.63) is 117 Å². The molecule has 5 rings (SSSR count). The van der Waals surface area contributed by atoms with Gasteiger partial charge < -0.3 is 9.26 Å². The molecule has 10 heteroatoms. The Morgan fingerprint density at radius 2 is 1.69 bits per heavy atom. The maximum absolute atomic E-state index is 13.0. The fourth-order valence-corrected chi connectivity index (χ4v) is 5.41. The number of hydrogen-bond donors (Lipinski definition) is 0. The van der Waals surface area contributed by atoms with Crippen LogP contribution in [0.3, 0.4) is 0 Å². The second-order valence-electron chi connectivity index (χ2n) is 10.4. The zero-order valence-electron chi connectivity index (χ0n) is 23.9. The van der Waals surface area contributed by atoms with Crippen molar-refractivity contribution < 1.29 is 19.0 Å². The molecule has 0 spiro atoms. The third-order valence-electron chi connectivity index (χ3n) is 7.34. The average molecular weight is 566 g/mol. The van der Waals surface area contributed by atoms with Gasteiger partial charge in [-0.15, -0.1) is 0 Å². The van der Waals surface area contributed by atoms with Crippen molar-refractivity contribution in [1.29, 1.82) is 0 Å². The second-order valence-corrected chi connectivity index (χ2v) is 10.4. The summed E-state index contributed by atoms with van der Waals surface area (Å²) in [6.45, 7) is 5.15. The van der Waals surface area contributed by atoms with Crippen molar-refractivity contribution in [2.75, 3.05) is 14.2 Å². The van der Waals surface area contributed by atoms with E-state index < -0.39 is 22.7 Å². The lowest BCUT2D eigenvalue weighted by Crippen LogP contribution is -2.33. The minimum Gasteiger partial charge on any atom is -0.468 e. The molecule has 1 aliphatic rings. The summed E-state index contributed by atoms with van der Waals surface area (Å²) in [6.07, 6.45) is 0. The summed E-state index contributed by atoms with van der Waals surface area (Å²) >= 11 is 0. The van der Waals surface area contributed by atoms with Gasteiger partial charge in [-0.25, -0.2) is 0 Å². The molecule has 0 fully saturated rings. The van der Waals surface area contributed by atoms with Gasteiger partial charge in [-0.3, -0.25) is 24.8 Å². The number of nitro benzene ring substituents is 1. The maximum atomic E-state index is 13.0. The first-order valence-corrected chi connectivity index (χ1v) is 13.5. The predicted octanol–water partition coefficient (Wildman–Crippen LogP) is 6.06. The van der Waals surface area contributed by atoms with Crippen molar-refractivity contribution in [2.45, 2.75) is 32.9 Å². The fraction of sp³-hybridized carbons (Fsp3) is 0.250. The Balaban J connectivity index is 1.44. The highest BCUT2D eigenvalue weighted by atomic mass is 16.6. The third-order valence-corrected chi connectivity index (χ3v) is 7.34. The normalized spacial score (nSPS) is 16.8. The van der Waals surface area contributed by atoms with Crippen LogP contribution in [0.5, 0.6) is 0 Å². The van der Waals surface area contributed by atoms with E-state index in [9.17, 15) is 14.9 Å². The van der Waals surface area contributed by atoms with Crippen LogP contribution in [0.4, 0.5) is 5.69 Å². The van der Waals surface area contributed by atoms with Crippen LogP contribution >= 0.6 is 0 Å². The number of nitrogens with zero attached hydrogens (tertiary/aromatic N) is 5. The number of esters is 1. The summed E-state index contributed by atoms with van der Waals surface area (Å²) in [4.78, 5) is 35.6. The van der Waals surface area contributed by atoms with E-state index in [4.69, 9.17) is 9.26 Å². The van der Waals surface area contributed by atoms with E-state index in [1.54, 1.807) is 26.0 Å². The molecule has 1 aromatic heterocycles. The summed E-state index contributed by atoms with van der Waals surface area (Å²) in [6, 6.07) is 24.5. The molecule has 0 amide bonds. The molecule has 214 valence electrons. The number of carbonyl (C=O) groups is 1. The van der Waals surface area contributed by atoms with Gasteiger partial charge in [0.05, 0.1) is 12.0 Å². The van der Waals surface area contributed by atoms with E-state index in [1.165, 1.54) is 24.8 Å². The number of carbonyl (C=O) groups excluding carboxylic acids is 1. The summed E-state index contributed by atoms with van der Waals surface area (Å²) < 4.78 is 10.8. The lowest BCUT2D eigenvalue weighted by atomic mass is 9.75. The molecule has 1 aliphatic heterocycles. The second kappa shape index (κ2) is 12.3. The summed E-state index contributed by atoms with van der Waals surface area (Å²) in [7, 11) is 3.38. The largest absolute Gasteiger partial charge is 0.468 e. The molecule has 2 heterocycles. The van der Waals surface area contributed by atoms with E-state index in [-0.39, 0.29) is 11.6 Å². The number of hydrogen-bond acceptors (Lipinski definition) is 9. The number of aromatic nitrogens is 2. The number of rotatable bonds is 9. The number of nitro groups is 1. The Kier molecular flexibility index (Phi) is 8.35. The quantitative estimate of drug-likeness (QED) is 0.136. The highest BCUT2D eigenvalue weighted by Crippen LogP contribution is 2.45. The Morgan fingerprint density at radius 1 is 1.00 bits per heavy atom. The molecule has 3 aromatic carbocycles. The Hall–Kier alpha value is -4.96. The van der Waals surface area contributed by atoms with Gasteiger partial charge >= 0.3 is 5.97 Å². The minimum absolute atomic E-state index is 0.0889. The molecule has 0 radical (unpaired) electrons. The molecule has 0 bridgehead atoms.